The summed E-state index contributed by atoms with van der Waals surface area (Å²) in [6.45, 7) is 1.93. The van der Waals surface area contributed by atoms with Crippen molar-refractivity contribution in [3.8, 4) is 0 Å². The lowest BCUT2D eigenvalue weighted by Gasteiger charge is -2.30. The molecule has 1 atom stereocenters. The summed E-state index contributed by atoms with van der Waals surface area (Å²) in [5, 5.41) is 0. The Bertz CT molecular complexity index is 829. The predicted octanol–water partition coefficient (Wildman–Crippen LogP) is 1.38. The molecule has 1 saturated heterocycles. The lowest BCUT2D eigenvalue weighted by Crippen LogP contribution is -2.41. The third-order valence-corrected chi connectivity index (χ3v) is 7.33. The number of carbonyl (C=O) groups is 2. The number of hydrogen-bond acceptors (Lipinski definition) is 5. The average Bonchev–Trinajstić information content (AvgIpc) is 2.67. The largest absolute Gasteiger partial charge is 0.452 e. The van der Waals surface area contributed by atoms with Crippen molar-refractivity contribution in [2.75, 3.05) is 13.1 Å². The van der Waals surface area contributed by atoms with Gasteiger partial charge in [0.25, 0.3) is 5.91 Å². The number of ether oxygens (including phenoxy) is 1. The minimum atomic E-state index is -3.57. The van der Waals surface area contributed by atoms with Crippen molar-refractivity contribution in [2.24, 2.45) is 11.7 Å². The van der Waals surface area contributed by atoms with Crippen LogP contribution in [0.1, 0.15) is 43.7 Å². The number of aryl methyl sites for hydroxylation is 2. The number of carbonyl (C=O) groups excluding carboxylic acids is 2. The minimum Gasteiger partial charge on any atom is -0.452 e. The predicted molar refractivity (Wildman–Crippen MR) is 99.3 cm³/mol. The second-order valence-corrected chi connectivity index (χ2v) is 9.24. The van der Waals surface area contributed by atoms with Gasteiger partial charge in [-0.05, 0) is 68.7 Å². The highest BCUT2D eigenvalue weighted by molar-refractivity contribution is 7.89. The number of hydrogen-bond donors (Lipinski definition) is 1. The van der Waals surface area contributed by atoms with E-state index in [2.05, 4.69) is 0 Å². The topological polar surface area (TPSA) is 107 Å². The summed E-state index contributed by atoms with van der Waals surface area (Å²) < 4.78 is 32.4. The van der Waals surface area contributed by atoms with E-state index in [1.54, 1.807) is 12.1 Å². The number of benzene rings is 1. The Labute approximate surface area is 159 Å². The molecule has 27 heavy (non-hydrogen) atoms. The van der Waals surface area contributed by atoms with Crippen molar-refractivity contribution < 1.29 is 22.7 Å². The molecule has 0 saturated carbocycles. The van der Waals surface area contributed by atoms with Crippen LogP contribution in [0.2, 0.25) is 0 Å². The average molecular weight is 394 g/mol. The molecule has 1 amide bonds. The van der Waals surface area contributed by atoms with E-state index in [-0.39, 0.29) is 13.1 Å². The Morgan fingerprint density at radius 2 is 1.78 bits per heavy atom. The molecule has 8 heteroatoms. The van der Waals surface area contributed by atoms with Crippen molar-refractivity contribution in [3.63, 3.8) is 0 Å². The maximum absolute atomic E-state index is 13.0. The molecule has 0 aromatic heterocycles. The molecule has 1 heterocycles. The van der Waals surface area contributed by atoms with Gasteiger partial charge in [-0.2, -0.15) is 4.31 Å². The van der Waals surface area contributed by atoms with Gasteiger partial charge in [0.1, 0.15) is 0 Å². The van der Waals surface area contributed by atoms with Gasteiger partial charge in [0.05, 0.1) is 10.8 Å². The zero-order valence-electron chi connectivity index (χ0n) is 15.5. The van der Waals surface area contributed by atoms with Crippen LogP contribution in [0.5, 0.6) is 0 Å². The summed E-state index contributed by atoms with van der Waals surface area (Å²) in [6.07, 6.45) is 3.93. The number of sulfonamides is 1. The number of nitrogens with zero attached hydrogens (tertiary/aromatic N) is 1. The number of piperidine rings is 1. The highest BCUT2D eigenvalue weighted by Crippen LogP contribution is 2.28. The first-order chi connectivity index (χ1) is 12.8. The Morgan fingerprint density at radius 3 is 2.41 bits per heavy atom. The van der Waals surface area contributed by atoms with Crippen molar-refractivity contribution in [3.05, 3.63) is 29.3 Å². The summed E-state index contributed by atoms with van der Waals surface area (Å²) in [7, 11) is -3.57. The molecule has 0 bridgehead atoms. The van der Waals surface area contributed by atoms with Crippen LogP contribution in [0.25, 0.3) is 0 Å². The van der Waals surface area contributed by atoms with E-state index in [4.69, 9.17) is 10.5 Å². The smallest absolute Gasteiger partial charge is 0.309 e. The molecular formula is C19H26N2O5S. The summed E-state index contributed by atoms with van der Waals surface area (Å²) >= 11 is 0. The van der Waals surface area contributed by atoms with Crippen LogP contribution in [0.15, 0.2) is 23.1 Å². The summed E-state index contributed by atoms with van der Waals surface area (Å²) in [6, 6.07) is 5.42. The first-order valence-corrected chi connectivity index (χ1v) is 10.8. The third kappa shape index (κ3) is 4.32. The van der Waals surface area contributed by atoms with E-state index in [9.17, 15) is 18.0 Å². The van der Waals surface area contributed by atoms with Crippen molar-refractivity contribution in [1.82, 2.24) is 4.31 Å². The highest BCUT2D eigenvalue weighted by Gasteiger charge is 2.34. The maximum Gasteiger partial charge on any atom is 0.309 e. The van der Waals surface area contributed by atoms with Gasteiger partial charge in [0.2, 0.25) is 10.0 Å². The quantitative estimate of drug-likeness (QED) is 0.760. The first kappa shape index (κ1) is 19.8. The van der Waals surface area contributed by atoms with Crippen LogP contribution in [0.3, 0.4) is 0 Å². The fourth-order valence-corrected chi connectivity index (χ4v) is 5.20. The lowest BCUT2D eigenvalue weighted by atomic mass is 9.92. The molecule has 1 aliphatic heterocycles. The van der Waals surface area contributed by atoms with E-state index in [1.165, 1.54) is 16.8 Å². The van der Waals surface area contributed by atoms with Gasteiger partial charge in [0, 0.05) is 13.1 Å². The monoisotopic (exact) mass is 394 g/mol. The van der Waals surface area contributed by atoms with E-state index < -0.39 is 33.9 Å². The fraction of sp³-hybridized carbons (Fsp3) is 0.579. The zero-order valence-corrected chi connectivity index (χ0v) is 16.3. The van der Waals surface area contributed by atoms with Gasteiger partial charge < -0.3 is 10.5 Å². The number of primary amides is 1. The van der Waals surface area contributed by atoms with Crippen LogP contribution >= 0.6 is 0 Å². The standard InChI is InChI=1S/C19H26N2O5S/c1-13(18(20)22)26-19(23)15-8-10-21(11-9-15)27(24,25)17-7-6-14-4-2-3-5-16(14)12-17/h6-7,12-13,15H,2-5,8-11H2,1H3,(H2,20,22)/t13-/m0/s1. The summed E-state index contributed by atoms with van der Waals surface area (Å²) in [5.74, 6) is -1.61. The van der Waals surface area contributed by atoms with Crippen molar-refractivity contribution in [1.29, 1.82) is 0 Å². The van der Waals surface area contributed by atoms with Gasteiger partial charge >= 0.3 is 5.97 Å². The lowest BCUT2D eigenvalue weighted by molar-refractivity contribution is -0.159. The Hall–Kier alpha value is -1.93. The molecule has 1 aliphatic carbocycles. The maximum atomic E-state index is 13.0. The highest BCUT2D eigenvalue weighted by atomic mass is 32.2. The van der Waals surface area contributed by atoms with Crippen LogP contribution in [-0.2, 0) is 37.2 Å². The van der Waals surface area contributed by atoms with Crippen molar-refractivity contribution >= 4 is 21.9 Å². The fourth-order valence-electron chi connectivity index (χ4n) is 3.68. The molecule has 1 fully saturated rings. The number of esters is 1. The van der Waals surface area contributed by atoms with Crippen molar-refractivity contribution in [2.45, 2.75) is 56.4 Å². The molecule has 0 radical (unpaired) electrons. The van der Waals surface area contributed by atoms with E-state index in [0.717, 1.165) is 31.2 Å². The van der Waals surface area contributed by atoms with Gasteiger partial charge in [0.15, 0.2) is 6.10 Å². The molecule has 148 valence electrons. The Balaban J connectivity index is 1.65. The van der Waals surface area contributed by atoms with Crippen LogP contribution in [0, 0.1) is 5.92 Å². The van der Waals surface area contributed by atoms with E-state index in [1.807, 2.05) is 6.07 Å². The van der Waals surface area contributed by atoms with E-state index >= 15 is 0 Å². The van der Waals surface area contributed by atoms with Gasteiger partial charge in [-0.3, -0.25) is 9.59 Å². The number of amides is 1. The molecule has 1 aromatic carbocycles. The van der Waals surface area contributed by atoms with Gasteiger partial charge in [-0.15, -0.1) is 0 Å². The summed E-state index contributed by atoms with van der Waals surface area (Å²) in [5.41, 5.74) is 7.47. The normalized spacial score (nSPS) is 19.9. The minimum absolute atomic E-state index is 0.254. The number of nitrogens with two attached hydrogens (primary N) is 1. The molecule has 3 rings (SSSR count). The number of fused-ring (bicyclic) bond motifs is 1. The van der Waals surface area contributed by atoms with Gasteiger partial charge in [-0.25, -0.2) is 8.42 Å². The Kier molecular flexibility index (Phi) is 5.86. The van der Waals surface area contributed by atoms with Crippen LogP contribution < -0.4 is 5.73 Å². The second-order valence-electron chi connectivity index (χ2n) is 7.30. The molecule has 1 aromatic rings. The number of rotatable bonds is 5. The SMILES string of the molecule is C[C@H](OC(=O)C1CCN(S(=O)(=O)c2ccc3c(c2)CCCC3)CC1)C(N)=O. The van der Waals surface area contributed by atoms with Crippen LogP contribution in [0.4, 0.5) is 0 Å². The second kappa shape index (κ2) is 7.98. The van der Waals surface area contributed by atoms with Crippen LogP contribution in [-0.4, -0.2) is 43.8 Å². The zero-order chi connectivity index (χ0) is 19.6. The summed E-state index contributed by atoms with van der Waals surface area (Å²) in [4.78, 5) is 23.4. The first-order valence-electron chi connectivity index (χ1n) is 9.41. The molecule has 2 aliphatic rings. The molecule has 7 nitrogen and oxygen atoms in total. The molecular weight excluding hydrogens is 368 g/mol. The molecule has 0 unspecified atom stereocenters. The Morgan fingerprint density at radius 1 is 1.15 bits per heavy atom. The molecule has 2 N–H and O–H groups in total. The third-order valence-electron chi connectivity index (χ3n) is 5.44. The molecule has 0 spiro atoms. The van der Waals surface area contributed by atoms with E-state index in [0.29, 0.717) is 17.7 Å². The van der Waals surface area contributed by atoms with Gasteiger partial charge in [-0.1, -0.05) is 6.07 Å².